The Labute approximate surface area is 178 Å². The Balaban J connectivity index is 1.93. The van der Waals surface area contributed by atoms with E-state index in [1.165, 1.54) is 0 Å². The van der Waals surface area contributed by atoms with Gasteiger partial charge in [0.1, 0.15) is 11.5 Å². The zero-order valence-electron chi connectivity index (χ0n) is 15.5. The van der Waals surface area contributed by atoms with Crippen LogP contribution in [0.25, 0.3) is 11.4 Å². The summed E-state index contributed by atoms with van der Waals surface area (Å²) >= 11 is 17.9. The molecule has 148 valence electrons. The SMILES string of the molecule is CCCOc1c(Cl)cc(Cl)cc1CNn1c(-c2ccccc2OC)n[nH]c1=S. The van der Waals surface area contributed by atoms with Crippen LogP contribution >= 0.6 is 35.4 Å². The van der Waals surface area contributed by atoms with Gasteiger partial charge in [-0.2, -0.15) is 5.10 Å². The van der Waals surface area contributed by atoms with Crippen molar-refractivity contribution in [3.63, 3.8) is 0 Å². The van der Waals surface area contributed by atoms with Gasteiger partial charge in [0, 0.05) is 10.6 Å². The van der Waals surface area contributed by atoms with Gasteiger partial charge in [-0.15, -0.1) is 0 Å². The molecule has 3 aromatic rings. The van der Waals surface area contributed by atoms with Crippen LogP contribution in [-0.4, -0.2) is 28.6 Å². The van der Waals surface area contributed by atoms with Gasteiger partial charge in [0.15, 0.2) is 5.82 Å². The number of aromatic amines is 1. The molecule has 0 aliphatic rings. The first-order valence-corrected chi connectivity index (χ1v) is 9.87. The van der Waals surface area contributed by atoms with Crippen molar-refractivity contribution in [1.29, 1.82) is 0 Å². The molecule has 0 saturated carbocycles. The second-order valence-electron chi connectivity index (χ2n) is 5.95. The van der Waals surface area contributed by atoms with Crippen LogP contribution in [0.4, 0.5) is 0 Å². The highest BCUT2D eigenvalue weighted by molar-refractivity contribution is 7.71. The first kappa shape index (κ1) is 20.5. The number of benzene rings is 2. The van der Waals surface area contributed by atoms with Crippen LogP contribution in [0.2, 0.25) is 10.0 Å². The topological polar surface area (TPSA) is 64.1 Å². The van der Waals surface area contributed by atoms with Crippen molar-refractivity contribution in [3.05, 3.63) is 56.8 Å². The van der Waals surface area contributed by atoms with Gasteiger partial charge >= 0.3 is 0 Å². The number of hydrogen-bond acceptors (Lipinski definition) is 5. The van der Waals surface area contributed by atoms with Crippen LogP contribution in [0.1, 0.15) is 18.9 Å². The molecule has 0 unspecified atom stereocenters. The van der Waals surface area contributed by atoms with Gasteiger partial charge in [0.05, 0.1) is 30.8 Å². The van der Waals surface area contributed by atoms with Crippen LogP contribution in [0, 0.1) is 4.77 Å². The van der Waals surface area contributed by atoms with Gasteiger partial charge in [-0.1, -0.05) is 42.3 Å². The van der Waals surface area contributed by atoms with Crippen LogP contribution in [0.15, 0.2) is 36.4 Å². The molecule has 0 amide bonds. The average molecular weight is 439 g/mol. The fourth-order valence-electron chi connectivity index (χ4n) is 2.73. The monoisotopic (exact) mass is 438 g/mol. The maximum Gasteiger partial charge on any atom is 0.214 e. The Hall–Kier alpha value is -2.22. The predicted octanol–water partition coefficient (Wildman–Crippen LogP) is 5.46. The first-order chi connectivity index (χ1) is 13.5. The summed E-state index contributed by atoms with van der Waals surface area (Å²) in [6, 6.07) is 11.1. The molecule has 0 spiro atoms. The third kappa shape index (κ3) is 4.43. The summed E-state index contributed by atoms with van der Waals surface area (Å²) in [6.07, 6.45) is 0.872. The predicted molar refractivity (Wildman–Crippen MR) is 115 cm³/mol. The van der Waals surface area contributed by atoms with E-state index in [1.54, 1.807) is 17.9 Å². The summed E-state index contributed by atoms with van der Waals surface area (Å²) in [5, 5.41) is 8.15. The number of rotatable bonds is 8. The van der Waals surface area contributed by atoms with Crippen molar-refractivity contribution >= 4 is 35.4 Å². The molecule has 0 aliphatic heterocycles. The summed E-state index contributed by atoms with van der Waals surface area (Å²) < 4.78 is 13.4. The Morgan fingerprint density at radius 1 is 1.25 bits per heavy atom. The minimum Gasteiger partial charge on any atom is -0.496 e. The van der Waals surface area contributed by atoms with Gasteiger partial charge in [0.2, 0.25) is 4.77 Å². The van der Waals surface area contributed by atoms with Gasteiger partial charge in [0.25, 0.3) is 0 Å². The molecular formula is C19H20Cl2N4O2S. The number of para-hydroxylation sites is 1. The maximum atomic E-state index is 6.33. The highest BCUT2D eigenvalue weighted by Gasteiger charge is 2.15. The second kappa shape index (κ2) is 9.32. The number of ether oxygens (including phenoxy) is 2. The lowest BCUT2D eigenvalue weighted by Gasteiger charge is -2.16. The molecule has 6 nitrogen and oxygen atoms in total. The number of hydrogen-bond donors (Lipinski definition) is 2. The molecule has 3 rings (SSSR count). The lowest BCUT2D eigenvalue weighted by molar-refractivity contribution is 0.314. The van der Waals surface area contributed by atoms with E-state index in [1.807, 2.05) is 37.3 Å². The quantitative estimate of drug-likeness (QED) is 0.457. The molecule has 0 atom stereocenters. The Morgan fingerprint density at radius 2 is 2.04 bits per heavy atom. The lowest BCUT2D eigenvalue weighted by Crippen LogP contribution is -2.17. The van der Waals surface area contributed by atoms with Crippen molar-refractivity contribution in [3.8, 4) is 22.9 Å². The van der Waals surface area contributed by atoms with E-state index < -0.39 is 0 Å². The van der Waals surface area contributed by atoms with Crippen molar-refractivity contribution in [2.75, 3.05) is 19.1 Å². The number of nitrogens with zero attached hydrogens (tertiary/aromatic N) is 2. The first-order valence-electron chi connectivity index (χ1n) is 8.70. The molecule has 0 aliphatic carbocycles. The molecule has 0 radical (unpaired) electrons. The van der Waals surface area contributed by atoms with Crippen molar-refractivity contribution in [2.45, 2.75) is 19.9 Å². The van der Waals surface area contributed by atoms with Crippen LogP contribution in [0.3, 0.4) is 0 Å². The fraction of sp³-hybridized carbons (Fsp3) is 0.263. The number of H-pyrrole nitrogens is 1. The number of methoxy groups -OCH3 is 1. The smallest absolute Gasteiger partial charge is 0.214 e. The minimum atomic E-state index is 0.384. The van der Waals surface area contributed by atoms with Crippen LogP contribution in [-0.2, 0) is 6.54 Å². The molecule has 0 saturated heterocycles. The third-order valence-electron chi connectivity index (χ3n) is 3.98. The molecule has 2 aromatic carbocycles. The van der Waals surface area contributed by atoms with E-state index in [0.29, 0.717) is 45.3 Å². The lowest BCUT2D eigenvalue weighted by atomic mass is 10.2. The molecule has 1 heterocycles. The Morgan fingerprint density at radius 3 is 2.79 bits per heavy atom. The zero-order chi connectivity index (χ0) is 20.1. The Bertz CT molecular complexity index is 1020. The number of aromatic nitrogens is 3. The molecule has 1 aromatic heterocycles. The molecule has 0 fully saturated rings. The Kier molecular flexibility index (Phi) is 6.83. The maximum absolute atomic E-state index is 6.33. The zero-order valence-corrected chi connectivity index (χ0v) is 17.8. The summed E-state index contributed by atoms with van der Waals surface area (Å²) in [4.78, 5) is 0. The summed E-state index contributed by atoms with van der Waals surface area (Å²) in [5.74, 6) is 1.90. The summed E-state index contributed by atoms with van der Waals surface area (Å²) in [6.45, 7) is 2.98. The summed E-state index contributed by atoms with van der Waals surface area (Å²) in [7, 11) is 1.61. The van der Waals surface area contributed by atoms with E-state index in [0.717, 1.165) is 17.5 Å². The van der Waals surface area contributed by atoms with E-state index in [2.05, 4.69) is 15.6 Å². The van der Waals surface area contributed by atoms with Gasteiger partial charge in [-0.3, -0.25) is 0 Å². The second-order valence-corrected chi connectivity index (χ2v) is 7.18. The van der Waals surface area contributed by atoms with Crippen LogP contribution < -0.4 is 14.9 Å². The van der Waals surface area contributed by atoms with Gasteiger partial charge < -0.3 is 14.9 Å². The third-order valence-corrected chi connectivity index (χ3v) is 4.76. The van der Waals surface area contributed by atoms with Crippen molar-refractivity contribution in [1.82, 2.24) is 14.9 Å². The average Bonchev–Trinajstić information content (AvgIpc) is 3.05. The normalized spacial score (nSPS) is 10.7. The van der Waals surface area contributed by atoms with E-state index >= 15 is 0 Å². The molecular weight excluding hydrogens is 419 g/mol. The molecule has 2 N–H and O–H groups in total. The highest BCUT2D eigenvalue weighted by Crippen LogP contribution is 2.33. The highest BCUT2D eigenvalue weighted by atomic mass is 35.5. The number of nitrogens with one attached hydrogen (secondary N) is 2. The molecule has 28 heavy (non-hydrogen) atoms. The molecule has 9 heteroatoms. The molecule has 0 bridgehead atoms. The largest absolute Gasteiger partial charge is 0.496 e. The standard InChI is InChI=1S/C19H20Cl2N4O2S/c1-3-8-27-17-12(9-13(20)10-15(17)21)11-22-25-18(23-24-19(25)28)14-6-4-5-7-16(14)26-2/h4-7,9-10,22H,3,8,11H2,1-2H3,(H,24,28). The van der Waals surface area contributed by atoms with E-state index in [-0.39, 0.29) is 0 Å². The van der Waals surface area contributed by atoms with Crippen molar-refractivity contribution < 1.29 is 9.47 Å². The summed E-state index contributed by atoms with van der Waals surface area (Å²) in [5.41, 5.74) is 4.89. The van der Waals surface area contributed by atoms with Gasteiger partial charge in [-0.05, 0) is 42.9 Å². The van der Waals surface area contributed by atoms with E-state index in [4.69, 9.17) is 44.9 Å². The number of halogens is 2. The van der Waals surface area contributed by atoms with Gasteiger partial charge in [-0.25, -0.2) is 9.77 Å². The van der Waals surface area contributed by atoms with E-state index in [9.17, 15) is 0 Å². The minimum absolute atomic E-state index is 0.384. The fourth-order valence-corrected chi connectivity index (χ4v) is 3.52. The van der Waals surface area contributed by atoms with Crippen LogP contribution in [0.5, 0.6) is 11.5 Å². The van der Waals surface area contributed by atoms with Crippen molar-refractivity contribution in [2.24, 2.45) is 0 Å².